The molecule has 3 heterocycles. The molecule has 1 aromatic rings. The lowest BCUT2D eigenvalue weighted by atomic mass is 10.0. The summed E-state index contributed by atoms with van der Waals surface area (Å²) in [5, 5.41) is 4.42. The standard InChI is InChI=1S/C17H30N4O2/c1-15-12-20(17-3-8-23-9-4-17)6-5-19(15)13-16-11-18-21(14-16)7-10-22-2/h11,14-15,17H,3-10,12-13H2,1-2H3/t15-/m1/s1. The maximum Gasteiger partial charge on any atom is 0.0658 e. The Bertz CT molecular complexity index is 473. The smallest absolute Gasteiger partial charge is 0.0658 e. The van der Waals surface area contributed by atoms with Crippen LogP contribution in [0.1, 0.15) is 25.3 Å². The van der Waals surface area contributed by atoms with Crippen molar-refractivity contribution >= 4 is 0 Å². The highest BCUT2D eigenvalue weighted by atomic mass is 16.5. The molecule has 0 aliphatic carbocycles. The molecule has 0 amide bonds. The number of aromatic nitrogens is 2. The van der Waals surface area contributed by atoms with Gasteiger partial charge in [-0.05, 0) is 19.8 Å². The second-order valence-corrected chi connectivity index (χ2v) is 6.76. The summed E-state index contributed by atoms with van der Waals surface area (Å²) in [6.07, 6.45) is 6.53. The van der Waals surface area contributed by atoms with Gasteiger partial charge in [-0.25, -0.2) is 0 Å². The molecule has 0 unspecified atom stereocenters. The number of rotatable bonds is 6. The molecule has 1 aromatic heterocycles. The third kappa shape index (κ3) is 4.53. The zero-order chi connectivity index (χ0) is 16.1. The van der Waals surface area contributed by atoms with Crippen LogP contribution < -0.4 is 0 Å². The summed E-state index contributed by atoms with van der Waals surface area (Å²) in [6, 6.07) is 1.32. The van der Waals surface area contributed by atoms with E-state index in [0.717, 1.165) is 38.9 Å². The SMILES string of the molecule is COCCn1cc(CN2CCN(C3CCOCC3)C[C@H]2C)cn1. The first-order chi connectivity index (χ1) is 11.3. The van der Waals surface area contributed by atoms with Crippen LogP contribution in [0.3, 0.4) is 0 Å². The molecule has 6 heteroatoms. The largest absolute Gasteiger partial charge is 0.383 e. The Kier molecular flexibility index (Phi) is 6.05. The highest BCUT2D eigenvalue weighted by molar-refractivity contribution is 5.04. The van der Waals surface area contributed by atoms with E-state index in [-0.39, 0.29) is 0 Å². The molecule has 1 atom stereocenters. The number of hydrogen-bond donors (Lipinski definition) is 0. The van der Waals surface area contributed by atoms with E-state index in [9.17, 15) is 0 Å². The molecule has 6 nitrogen and oxygen atoms in total. The minimum atomic E-state index is 0.592. The average molecular weight is 322 g/mol. The molecular formula is C17H30N4O2. The first-order valence-corrected chi connectivity index (χ1v) is 8.82. The predicted molar refractivity (Wildman–Crippen MR) is 89.4 cm³/mol. The normalized spacial score (nSPS) is 25.0. The summed E-state index contributed by atoms with van der Waals surface area (Å²) in [5.41, 5.74) is 1.30. The van der Waals surface area contributed by atoms with Gasteiger partial charge in [-0.15, -0.1) is 0 Å². The van der Waals surface area contributed by atoms with Crippen LogP contribution in [-0.2, 0) is 22.6 Å². The summed E-state index contributed by atoms with van der Waals surface area (Å²) in [5.74, 6) is 0. The first kappa shape index (κ1) is 16.9. The van der Waals surface area contributed by atoms with Gasteiger partial charge in [0.05, 0.1) is 19.3 Å². The number of piperazine rings is 1. The third-order valence-corrected chi connectivity index (χ3v) is 5.10. The molecule has 0 spiro atoms. The van der Waals surface area contributed by atoms with Crippen molar-refractivity contribution in [2.24, 2.45) is 0 Å². The van der Waals surface area contributed by atoms with Gasteiger partial charge in [0.2, 0.25) is 0 Å². The van der Waals surface area contributed by atoms with Gasteiger partial charge in [0.15, 0.2) is 0 Å². The topological polar surface area (TPSA) is 42.8 Å². The fraction of sp³-hybridized carbons (Fsp3) is 0.824. The number of nitrogens with zero attached hydrogens (tertiary/aromatic N) is 4. The van der Waals surface area contributed by atoms with Gasteiger partial charge in [0.25, 0.3) is 0 Å². The third-order valence-electron chi connectivity index (χ3n) is 5.10. The van der Waals surface area contributed by atoms with Crippen LogP contribution >= 0.6 is 0 Å². The Morgan fingerprint density at radius 1 is 1.30 bits per heavy atom. The number of hydrogen-bond acceptors (Lipinski definition) is 5. The molecule has 0 saturated carbocycles. The van der Waals surface area contributed by atoms with E-state index in [1.54, 1.807) is 7.11 Å². The van der Waals surface area contributed by atoms with Crippen molar-refractivity contribution in [1.29, 1.82) is 0 Å². The fourth-order valence-corrected chi connectivity index (χ4v) is 3.67. The van der Waals surface area contributed by atoms with Crippen LogP contribution in [-0.4, -0.2) is 78.2 Å². The van der Waals surface area contributed by atoms with Gasteiger partial charge in [0, 0.05) is 70.3 Å². The van der Waals surface area contributed by atoms with Gasteiger partial charge in [-0.2, -0.15) is 5.10 Å². The maximum absolute atomic E-state index is 5.49. The summed E-state index contributed by atoms with van der Waals surface area (Å²) >= 11 is 0. The maximum atomic E-state index is 5.49. The molecule has 0 aromatic carbocycles. The highest BCUT2D eigenvalue weighted by Gasteiger charge is 2.29. The molecule has 3 rings (SSSR count). The van der Waals surface area contributed by atoms with Gasteiger partial charge in [-0.3, -0.25) is 14.5 Å². The highest BCUT2D eigenvalue weighted by Crippen LogP contribution is 2.20. The summed E-state index contributed by atoms with van der Waals surface area (Å²) in [7, 11) is 1.73. The van der Waals surface area contributed by atoms with Crippen LogP contribution in [0.15, 0.2) is 12.4 Å². The van der Waals surface area contributed by atoms with Crippen LogP contribution in [0.5, 0.6) is 0 Å². The second-order valence-electron chi connectivity index (χ2n) is 6.76. The van der Waals surface area contributed by atoms with Gasteiger partial charge in [-0.1, -0.05) is 0 Å². The van der Waals surface area contributed by atoms with Crippen molar-refractivity contribution in [3.8, 4) is 0 Å². The van der Waals surface area contributed by atoms with Crippen LogP contribution in [0.2, 0.25) is 0 Å². The predicted octanol–water partition coefficient (Wildman–Crippen LogP) is 1.21. The molecule has 2 aliphatic heterocycles. The molecule has 2 saturated heterocycles. The average Bonchev–Trinajstić information content (AvgIpc) is 3.03. The van der Waals surface area contributed by atoms with Gasteiger partial charge in [0.1, 0.15) is 0 Å². The van der Waals surface area contributed by atoms with E-state index in [2.05, 4.69) is 28.0 Å². The molecule has 2 aliphatic rings. The van der Waals surface area contributed by atoms with Crippen LogP contribution in [0.25, 0.3) is 0 Å². The van der Waals surface area contributed by atoms with E-state index < -0.39 is 0 Å². The lowest BCUT2D eigenvalue weighted by Gasteiger charge is -2.44. The number of methoxy groups -OCH3 is 1. The number of ether oxygens (including phenoxy) is 2. The second kappa shape index (κ2) is 8.24. The zero-order valence-electron chi connectivity index (χ0n) is 14.5. The van der Waals surface area contributed by atoms with Crippen molar-refractivity contribution in [1.82, 2.24) is 19.6 Å². The minimum absolute atomic E-state index is 0.592. The van der Waals surface area contributed by atoms with Crippen LogP contribution in [0.4, 0.5) is 0 Å². The molecule has 0 bridgehead atoms. The Hall–Kier alpha value is -0.950. The van der Waals surface area contributed by atoms with E-state index in [0.29, 0.717) is 12.6 Å². The van der Waals surface area contributed by atoms with Gasteiger partial charge < -0.3 is 9.47 Å². The monoisotopic (exact) mass is 322 g/mol. The fourth-order valence-electron chi connectivity index (χ4n) is 3.67. The van der Waals surface area contributed by atoms with Crippen molar-refractivity contribution in [2.45, 2.75) is 44.9 Å². The molecule has 2 fully saturated rings. The van der Waals surface area contributed by atoms with E-state index in [4.69, 9.17) is 9.47 Å². The lowest BCUT2D eigenvalue weighted by molar-refractivity contribution is -0.00340. The van der Waals surface area contributed by atoms with Crippen molar-refractivity contribution < 1.29 is 9.47 Å². The quantitative estimate of drug-likeness (QED) is 0.788. The molecule has 130 valence electrons. The minimum Gasteiger partial charge on any atom is -0.383 e. The first-order valence-electron chi connectivity index (χ1n) is 8.82. The summed E-state index contributed by atoms with van der Waals surface area (Å²) in [6.45, 7) is 10.2. The van der Waals surface area contributed by atoms with Gasteiger partial charge >= 0.3 is 0 Å². The molecule has 0 radical (unpaired) electrons. The van der Waals surface area contributed by atoms with E-state index in [1.165, 1.54) is 31.5 Å². The van der Waals surface area contributed by atoms with Crippen LogP contribution in [0, 0.1) is 0 Å². The summed E-state index contributed by atoms with van der Waals surface area (Å²) < 4.78 is 12.6. The van der Waals surface area contributed by atoms with Crippen molar-refractivity contribution in [2.75, 3.05) is 46.6 Å². The van der Waals surface area contributed by atoms with Crippen molar-refractivity contribution in [3.63, 3.8) is 0 Å². The Balaban J connectivity index is 1.49. The van der Waals surface area contributed by atoms with E-state index in [1.807, 2.05) is 10.9 Å². The van der Waals surface area contributed by atoms with Crippen molar-refractivity contribution in [3.05, 3.63) is 18.0 Å². The van der Waals surface area contributed by atoms with E-state index >= 15 is 0 Å². The molecular weight excluding hydrogens is 292 g/mol. The molecule has 23 heavy (non-hydrogen) atoms. The Labute approximate surface area is 139 Å². The summed E-state index contributed by atoms with van der Waals surface area (Å²) in [4.78, 5) is 5.25. The Morgan fingerprint density at radius 2 is 2.13 bits per heavy atom. The lowest BCUT2D eigenvalue weighted by Crippen LogP contribution is -2.55. The Morgan fingerprint density at radius 3 is 2.87 bits per heavy atom. The molecule has 0 N–H and O–H groups in total. The zero-order valence-corrected chi connectivity index (χ0v) is 14.5.